The second kappa shape index (κ2) is 6.13. The molecule has 0 saturated carbocycles. The van der Waals surface area contributed by atoms with Gasteiger partial charge in [-0.05, 0) is 63.9 Å². The lowest BCUT2D eigenvalue weighted by Crippen LogP contribution is -2.33. The molecule has 4 rings (SSSR count). The SMILES string of the molecule is C=CCC1=C(CC=C)c2ccc3c(c2=CC1)=CCc1ccccc1-3. The number of hydrogen-bond acceptors (Lipinski definition) is 0. The Morgan fingerprint density at radius 3 is 2.29 bits per heavy atom. The zero-order chi connectivity index (χ0) is 16.5. The van der Waals surface area contributed by atoms with E-state index in [4.69, 9.17) is 0 Å². The van der Waals surface area contributed by atoms with E-state index in [1.807, 2.05) is 12.2 Å². The van der Waals surface area contributed by atoms with Gasteiger partial charge in [0, 0.05) is 0 Å². The molecule has 0 heterocycles. The van der Waals surface area contributed by atoms with Crippen LogP contribution in [-0.4, -0.2) is 0 Å². The molecule has 2 aromatic rings. The minimum Gasteiger partial charge on any atom is -0.103 e. The van der Waals surface area contributed by atoms with E-state index in [0.717, 1.165) is 25.7 Å². The average Bonchev–Trinajstić information content (AvgIpc) is 2.63. The number of fused-ring (bicyclic) bond motifs is 5. The summed E-state index contributed by atoms with van der Waals surface area (Å²) in [6.45, 7) is 7.88. The van der Waals surface area contributed by atoms with Crippen LogP contribution in [0.5, 0.6) is 0 Å². The van der Waals surface area contributed by atoms with Crippen molar-refractivity contribution < 1.29 is 0 Å². The van der Waals surface area contributed by atoms with Gasteiger partial charge < -0.3 is 0 Å². The van der Waals surface area contributed by atoms with Crippen LogP contribution in [0, 0.1) is 0 Å². The second-order valence-corrected chi connectivity index (χ2v) is 6.53. The summed E-state index contributed by atoms with van der Waals surface area (Å²) in [5.74, 6) is 0. The van der Waals surface area contributed by atoms with Crippen LogP contribution >= 0.6 is 0 Å². The van der Waals surface area contributed by atoms with Gasteiger partial charge in [-0.2, -0.15) is 0 Å². The highest BCUT2D eigenvalue weighted by atomic mass is 14.2. The molecule has 0 bridgehead atoms. The van der Waals surface area contributed by atoms with Crippen LogP contribution < -0.4 is 10.4 Å². The molecule has 0 saturated heterocycles. The fourth-order valence-electron chi connectivity index (χ4n) is 4.07. The van der Waals surface area contributed by atoms with Gasteiger partial charge in [0.05, 0.1) is 0 Å². The summed E-state index contributed by atoms with van der Waals surface area (Å²) in [5.41, 5.74) is 8.49. The molecule has 0 heteroatoms. The largest absolute Gasteiger partial charge is 0.103 e. The zero-order valence-corrected chi connectivity index (χ0v) is 14.0. The normalized spacial score (nSPS) is 14.7. The van der Waals surface area contributed by atoms with Crippen LogP contribution in [0.25, 0.3) is 28.9 Å². The highest BCUT2D eigenvalue weighted by Gasteiger charge is 2.17. The Morgan fingerprint density at radius 1 is 0.750 bits per heavy atom. The third kappa shape index (κ3) is 2.30. The molecule has 2 aliphatic carbocycles. The minimum atomic E-state index is 0.930. The van der Waals surface area contributed by atoms with Crippen LogP contribution in [0.1, 0.15) is 30.4 Å². The summed E-state index contributed by atoms with van der Waals surface area (Å²) in [4.78, 5) is 0. The third-order valence-corrected chi connectivity index (χ3v) is 5.16. The molecule has 0 radical (unpaired) electrons. The summed E-state index contributed by atoms with van der Waals surface area (Å²) >= 11 is 0. The van der Waals surface area contributed by atoms with Gasteiger partial charge in [-0.1, -0.05) is 66.3 Å². The molecule has 2 aliphatic rings. The van der Waals surface area contributed by atoms with Gasteiger partial charge in [0.15, 0.2) is 0 Å². The van der Waals surface area contributed by atoms with Crippen LogP contribution in [-0.2, 0) is 6.42 Å². The maximum Gasteiger partial charge on any atom is -0.00818 e. The second-order valence-electron chi connectivity index (χ2n) is 6.53. The smallest absolute Gasteiger partial charge is 0.00818 e. The van der Waals surface area contributed by atoms with Gasteiger partial charge in [0.1, 0.15) is 0 Å². The quantitative estimate of drug-likeness (QED) is 0.713. The van der Waals surface area contributed by atoms with Gasteiger partial charge in [0.25, 0.3) is 0 Å². The molecule has 0 unspecified atom stereocenters. The molecule has 0 aromatic heterocycles. The third-order valence-electron chi connectivity index (χ3n) is 5.16. The minimum absolute atomic E-state index is 0.930. The summed E-state index contributed by atoms with van der Waals surface area (Å²) in [6.07, 6.45) is 12.8. The van der Waals surface area contributed by atoms with Crippen LogP contribution in [0.2, 0.25) is 0 Å². The first kappa shape index (κ1) is 15.0. The summed E-state index contributed by atoms with van der Waals surface area (Å²) in [7, 11) is 0. The van der Waals surface area contributed by atoms with Crippen molar-refractivity contribution in [3.05, 3.63) is 88.8 Å². The molecule has 0 atom stereocenters. The number of rotatable bonds is 4. The fourth-order valence-corrected chi connectivity index (χ4v) is 4.07. The molecule has 0 aliphatic heterocycles. The van der Waals surface area contributed by atoms with Crippen molar-refractivity contribution in [3.8, 4) is 11.1 Å². The Morgan fingerprint density at radius 2 is 1.46 bits per heavy atom. The lowest BCUT2D eigenvalue weighted by Gasteiger charge is -2.21. The highest BCUT2D eigenvalue weighted by molar-refractivity contribution is 5.80. The van der Waals surface area contributed by atoms with Crippen LogP contribution in [0.15, 0.2) is 67.3 Å². The van der Waals surface area contributed by atoms with E-state index in [2.05, 4.69) is 61.7 Å². The number of benzene rings is 2. The van der Waals surface area contributed by atoms with Gasteiger partial charge >= 0.3 is 0 Å². The van der Waals surface area contributed by atoms with Crippen molar-refractivity contribution in [1.29, 1.82) is 0 Å². The Hall–Kier alpha value is -2.60. The van der Waals surface area contributed by atoms with E-state index in [1.54, 1.807) is 0 Å². The molecule has 0 fully saturated rings. The average molecular weight is 310 g/mol. The van der Waals surface area contributed by atoms with Crippen molar-refractivity contribution >= 4 is 17.7 Å². The van der Waals surface area contributed by atoms with E-state index in [-0.39, 0.29) is 0 Å². The van der Waals surface area contributed by atoms with E-state index in [1.165, 1.54) is 43.8 Å². The topological polar surface area (TPSA) is 0 Å². The predicted molar refractivity (Wildman–Crippen MR) is 105 cm³/mol. The van der Waals surface area contributed by atoms with Gasteiger partial charge in [-0.3, -0.25) is 0 Å². The molecule has 2 aromatic carbocycles. The number of allylic oxidation sites excluding steroid dienone is 4. The summed E-state index contributed by atoms with van der Waals surface area (Å²) < 4.78 is 0. The molecule has 0 amide bonds. The van der Waals surface area contributed by atoms with Crippen LogP contribution in [0.4, 0.5) is 0 Å². The first-order valence-electron chi connectivity index (χ1n) is 8.68. The first-order chi connectivity index (χ1) is 11.8. The molecular formula is C24H22. The number of hydrogen-bond donors (Lipinski definition) is 0. The molecule has 118 valence electrons. The Balaban J connectivity index is 1.96. The monoisotopic (exact) mass is 310 g/mol. The first-order valence-corrected chi connectivity index (χ1v) is 8.68. The lowest BCUT2D eigenvalue weighted by atomic mass is 9.83. The molecule has 0 nitrogen and oxygen atoms in total. The fraction of sp³-hybridized carbons (Fsp3) is 0.167. The molecule has 0 N–H and O–H groups in total. The summed E-state index contributed by atoms with van der Waals surface area (Å²) in [5, 5.41) is 2.82. The van der Waals surface area contributed by atoms with Crippen LogP contribution in [0.3, 0.4) is 0 Å². The van der Waals surface area contributed by atoms with Crippen molar-refractivity contribution in [2.24, 2.45) is 0 Å². The zero-order valence-electron chi connectivity index (χ0n) is 14.0. The standard InChI is InChI=1S/C24H22/c1-3-7-17-11-13-23-21(19(17)8-4-2)15-16-22-20-10-6-5-9-18(20)12-14-24(22)23/h3-6,9-10,13-16H,1-2,7-8,11-12H2. The Labute approximate surface area is 143 Å². The molecular weight excluding hydrogens is 288 g/mol. The van der Waals surface area contributed by atoms with Gasteiger partial charge in [-0.15, -0.1) is 13.2 Å². The van der Waals surface area contributed by atoms with E-state index >= 15 is 0 Å². The van der Waals surface area contributed by atoms with Gasteiger partial charge in [-0.25, -0.2) is 0 Å². The lowest BCUT2D eigenvalue weighted by molar-refractivity contribution is 1.10. The molecule has 0 spiro atoms. The van der Waals surface area contributed by atoms with Crippen molar-refractivity contribution in [1.82, 2.24) is 0 Å². The maximum absolute atomic E-state index is 3.96. The Kier molecular flexibility index (Phi) is 3.82. The van der Waals surface area contributed by atoms with E-state index in [0.29, 0.717) is 0 Å². The van der Waals surface area contributed by atoms with Crippen molar-refractivity contribution in [3.63, 3.8) is 0 Å². The maximum atomic E-state index is 3.96. The van der Waals surface area contributed by atoms with E-state index in [9.17, 15) is 0 Å². The van der Waals surface area contributed by atoms with E-state index < -0.39 is 0 Å². The molecule has 24 heavy (non-hydrogen) atoms. The highest BCUT2D eigenvalue weighted by Crippen LogP contribution is 2.30. The predicted octanol–water partition coefficient (Wildman–Crippen LogP) is 4.78. The summed E-state index contributed by atoms with van der Waals surface area (Å²) in [6, 6.07) is 13.4. The van der Waals surface area contributed by atoms with Gasteiger partial charge in [0.2, 0.25) is 0 Å². The Bertz CT molecular complexity index is 983. The van der Waals surface area contributed by atoms with Crippen molar-refractivity contribution in [2.45, 2.75) is 25.7 Å². The van der Waals surface area contributed by atoms with Crippen molar-refractivity contribution in [2.75, 3.05) is 0 Å².